The molecule has 0 saturated carbocycles. The number of carbonyl (C=O) groups excluding carboxylic acids is 3. The molecule has 8 heteroatoms. The van der Waals surface area contributed by atoms with Crippen molar-refractivity contribution >= 4 is 40.6 Å². The van der Waals surface area contributed by atoms with E-state index in [9.17, 15) is 18.8 Å². The Labute approximate surface area is 184 Å². The smallest absolute Gasteiger partial charge is 0.293 e. The third-order valence-corrected chi connectivity index (χ3v) is 6.17. The highest BCUT2D eigenvalue weighted by Crippen LogP contribution is 2.32. The van der Waals surface area contributed by atoms with E-state index in [0.29, 0.717) is 0 Å². The van der Waals surface area contributed by atoms with Gasteiger partial charge in [-0.3, -0.25) is 19.3 Å². The van der Waals surface area contributed by atoms with Crippen LogP contribution in [-0.4, -0.2) is 48.1 Å². The number of amides is 3. The number of halogens is 1. The quantitative estimate of drug-likeness (QED) is 0.699. The van der Waals surface area contributed by atoms with Gasteiger partial charge in [-0.05, 0) is 48.4 Å². The molecule has 0 atom stereocenters. The summed E-state index contributed by atoms with van der Waals surface area (Å²) in [5.41, 5.74) is 2.57. The minimum absolute atomic E-state index is 0.0710. The van der Waals surface area contributed by atoms with Gasteiger partial charge in [-0.25, -0.2) is 4.39 Å². The Hall–Kier alpha value is -3.13. The van der Waals surface area contributed by atoms with Gasteiger partial charge >= 0.3 is 0 Å². The summed E-state index contributed by atoms with van der Waals surface area (Å²) in [6.07, 6.45) is 3.38. The summed E-state index contributed by atoms with van der Waals surface area (Å²) in [6, 6.07) is 14.1. The molecule has 2 aliphatic rings. The van der Waals surface area contributed by atoms with Gasteiger partial charge in [-0.15, -0.1) is 0 Å². The lowest BCUT2D eigenvalue weighted by Crippen LogP contribution is -2.43. The number of carbonyl (C=O) groups is 3. The van der Waals surface area contributed by atoms with Gasteiger partial charge < -0.3 is 10.2 Å². The number of fused-ring (bicyclic) bond motifs is 1. The molecule has 1 saturated heterocycles. The van der Waals surface area contributed by atoms with Gasteiger partial charge in [-0.1, -0.05) is 36.4 Å². The lowest BCUT2D eigenvalue weighted by Gasteiger charge is -2.30. The zero-order valence-corrected chi connectivity index (χ0v) is 17.7. The van der Waals surface area contributed by atoms with E-state index < -0.39 is 17.0 Å². The van der Waals surface area contributed by atoms with Crippen molar-refractivity contribution in [2.45, 2.75) is 12.8 Å². The topological polar surface area (TPSA) is 69.7 Å². The van der Waals surface area contributed by atoms with Crippen LogP contribution in [0.25, 0.3) is 6.08 Å². The Morgan fingerprint density at radius 1 is 1.13 bits per heavy atom. The van der Waals surface area contributed by atoms with E-state index >= 15 is 0 Å². The summed E-state index contributed by atoms with van der Waals surface area (Å²) in [5.74, 6) is -1.09. The number of imide groups is 1. The van der Waals surface area contributed by atoms with Crippen molar-refractivity contribution in [2.24, 2.45) is 0 Å². The molecule has 0 radical (unpaired) electrons. The largest absolute Gasteiger partial charge is 0.362 e. The zero-order chi connectivity index (χ0) is 21.8. The molecule has 6 nitrogen and oxygen atoms in total. The Morgan fingerprint density at radius 3 is 2.74 bits per heavy atom. The highest BCUT2D eigenvalue weighted by Gasteiger charge is 2.34. The molecule has 160 valence electrons. The minimum Gasteiger partial charge on any atom is -0.362 e. The third-order valence-electron chi connectivity index (χ3n) is 5.26. The van der Waals surface area contributed by atoms with Crippen LogP contribution in [0.4, 0.5) is 14.9 Å². The van der Waals surface area contributed by atoms with E-state index in [-0.39, 0.29) is 36.0 Å². The van der Waals surface area contributed by atoms with Crippen LogP contribution >= 0.6 is 11.8 Å². The van der Waals surface area contributed by atoms with Crippen LogP contribution in [0.2, 0.25) is 0 Å². The van der Waals surface area contributed by atoms with E-state index in [0.717, 1.165) is 41.7 Å². The second-order valence-electron chi connectivity index (χ2n) is 7.36. The van der Waals surface area contributed by atoms with Gasteiger partial charge in [0.25, 0.3) is 11.1 Å². The molecule has 31 heavy (non-hydrogen) atoms. The Bertz CT molecular complexity index is 1060. The molecule has 0 unspecified atom stereocenters. The van der Waals surface area contributed by atoms with E-state index in [2.05, 4.69) is 11.4 Å². The van der Waals surface area contributed by atoms with Crippen LogP contribution in [-0.2, 0) is 16.0 Å². The molecule has 0 aromatic heterocycles. The summed E-state index contributed by atoms with van der Waals surface area (Å²) >= 11 is 0.776. The number of para-hydroxylation sites is 1. The standard InChI is InChI=1S/C23H22FN3O3S/c24-18-9-3-1-7-17(18)14-20-22(29)27(23(30)31-20)13-11-25-21(28)15-26-12-5-8-16-6-2-4-10-19(16)26/h1-4,6-7,9-10,14H,5,8,11-13,15H2,(H,25,28). The van der Waals surface area contributed by atoms with Crippen molar-refractivity contribution in [3.05, 3.63) is 70.4 Å². The van der Waals surface area contributed by atoms with E-state index in [4.69, 9.17) is 0 Å². The fourth-order valence-corrected chi connectivity index (χ4v) is 4.59. The Morgan fingerprint density at radius 2 is 1.90 bits per heavy atom. The van der Waals surface area contributed by atoms with Crippen LogP contribution in [0.1, 0.15) is 17.5 Å². The molecule has 3 amide bonds. The monoisotopic (exact) mass is 439 g/mol. The summed E-state index contributed by atoms with van der Waals surface area (Å²) in [4.78, 5) is 40.4. The number of aryl methyl sites for hydroxylation is 1. The zero-order valence-electron chi connectivity index (χ0n) is 16.8. The molecule has 2 heterocycles. The number of hydrogen-bond donors (Lipinski definition) is 1. The second-order valence-corrected chi connectivity index (χ2v) is 8.35. The number of nitrogens with zero attached hydrogens (tertiary/aromatic N) is 2. The van der Waals surface area contributed by atoms with E-state index in [1.165, 1.54) is 17.7 Å². The third kappa shape index (κ3) is 4.80. The SMILES string of the molecule is O=C(CN1CCCc2ccccc21)NCCN1C(=O)SC(=Cc2ccccc2F)C1=O. The van der Waals surface area contributed by atoms with Crippen molar-refractivity contribution in [1.82, 2.24) is 10.2 Å². The van der Waals surface area contributed by atoms with Gasteiger partial charge in [0, 0.05) is 30.9 Å². The summed E-state index contributed by atoms with van der Waals surface area (Å²) in [7, 11) is 0. The minimum atomic E-state index is -0.475. The van der Waals surface area contributed by atoms with Gasteiger partial charge in [0.2, 0.25) is 5.91 Å². The van der Waals surface area contributed by atoms with Gasteiger partial charge in [0.15, 0.2) is 0 Å². The van der Waals surface area contributed by atoms with E-state index in [1.54, 1.807) is 18.2 Å². The van der Waals surface area contributed by atoms with Gasteiger partial charge in [0.05, 0.1) is 11.4 Å². The first-order valence-electron chi connectivity index (χ1n) is 10.1. The van der Waals surface area contributed by atoms with Crippen molar-refractivity contribution in [3.63, 3.8) is 0 Å². The Kier molecular flexibility index (Phi) is 6.36. The van der Waals surface area contributed by atoms with Crippen LogP contribution in [0, 0.1) is 5.82 Å². The number of thioether (sulfide) groups is 1. The summed E-state index contributed by atoms with van der Waals surface area (Å²) < 4.78 is 13.8. The number of rotatable bonds is 6. The number of anilines is 1. The lowest BCUT2D eigenvalue weighted by atomic mass is 10.0. The molecule has 0 bridgehead atoms. The molecule has 0 aliphatic carbocycles. The van der Waals surface area contributed by atoms with Gasteiger partial charge in [0.1, 0.15) is 5.82 Å². The average Bonchev–Trinajstić information content (AvgIpc) is 3.03. The van der Waals surface area contributed by atoms with Gasteiger partial charge in [-0.2, -0.15) is 0 Å². The normalized spacial score (nSPS) is 17.3. The molecule has 4 rings (SSSR count). The van der Waals surface area contributed by atoms with Crippen molar-refractivity contribution in [3.8, 4) is 0 Å². The van der Waals surface area contributed by atoms with Crippen molar-refractivity contribution in [2.75, 3.05) is 31.1 Å². The maximum atomic E-state index is 13.8. The fourth-order valence-electron chi connectivity index (χ4n) is 3.74. The molecular formula is C23H22FN3O3S. The molecule has 2 aromatic carbocycles. The van der Waals surface area contributed by atoms with Crippen LogP contribution in [0.15, 0.2) is 53.4 Å². The van der Waals surface area contributed by atoms with Crippen LogP contribution in [0.5, 0.6) is 0 Å². The molecule has 1 fully saturated rings. The first-order valence-corrected chi connectivity index (χ1v) is 10.9. The summed E-state index contributed by atoms with van der Waals surface area (Å²) in [5, 5.41) is 2.36. The highest BCUT2D eigenvalue weighted by molar-refractivity contribution is 8.18. The number of benzene rings is 2. The predicted molar refractivity (Wildman–Crippen MR) is 119 cm³/mol. The fraction of sp³-hybridized carbons (Fsp3) is 0.261. The van der Waals surface area contributed by atoms with Crippen LogP contribution in [0.3, 0.4) is 0 Å². The average molecular weight is 440 g/mol. The highest BCUT2D eigenvalue weighted by atomic mass is 32.2. The molecule has 2 aliphatic heterocycles. The maximum absolute atomic E-state index is 13.8. The Balaban J connectivity index is 1.31. The predicted octanol–water partition coefficient (Wildman–Crippen LogP) is 3.43. The maximum Gasteiger partial charge on any atom is 0.293 e. The first-order chi connectivity index (χ1) is 15.0. The number of nitrogens with one attached hydrogen (secondary N) is 1. The molecule has 1 N–H and O–H groups in total. The second kappa shape index (κ2) is 9.34. The molecule has 0 spiro atoms. The van der Waals surface area contributed by atoms with E-state index in [1.807, 2.05) is 23.1 Å². The van der Waals surface area contributed by atoms with Crippen molar-refractivity contribution in [1.29, 1.82) is 0 Å². The lowest BCUT2D eigenvalue weighted by molar-refractivity contribution is -0.124. The summed E-state index contributed by atoms with van der Waals surface area (Å²) in [6.45, 7) is 1.28. The first kappa shape index (κ1) is 21.1. The molecular weight excluding hydrogens is 417 g/mol. The van der Waals surface area contributed by atoms with Crippen LogP contribution < -0.4 is 10.2 Å². The molecule has 2 aromatic rings. The number of hydrogen-bond acceptors (Lipinski definition) is 5. The van der Waals surface area contributed by atoms with Crippen molar-refractivity contribution < 1.29 is 18.8 Å².